The van der Waals surface area contributed by atoms with Gasteiger partial charge in [0.2, 0.25) is 0 Å². The van der Waals surface area contributed by atoms with Crippen LogP contribution in [0.3, 0.4) is 0 Å². The molecule has 16 heavy (non-hydrogen) atoms. The van der Waals surface area contributed by atoms with Crippen LogP contribution in [0.15, 0.2) is 47.0 Å². The van der Waals surface area contributed by atoms with Crippen molar-refractivity contribution in [2.45, 2.75) is 23.5 Å². The number of benzene rings is 1. The Kier molecular flexibility index (Phi) is 4.69. The zero-order chi connectivity index (χ0) is 12.2. The van der Waals surface area contributed by atoms with E-state index in [0.29, 0.717) is 5.02 Å². The van der Waals surface area contributed by atoms with Crippen molar-refractivity contribution in [3.8, 4) is 0 Å². The Morgan fingerprint density at radius 1 is 1.56 bits per heavy atom. The Bertz CT molecular complexity index is 424. The molecule has 1 nitrogen and oxygen atoms in total. The minimum atomic E-state index is -0.424. The Hall–Kier alpha value is -0.660. The molecule has 0 bridgehead atoms. The van der Waals surface area contributed by atoms with Gasteiger partial charge in [-0.05, 0) is 31.6 Å². The van der Waals surface area contributed by atoms with Crippen molar-refractivity contribution >= 4 is 23.4 Å². The van der Waals surface area contributed by atoms with Crippen molar-refractivity contribution in [3.05, 3.63) is 47.2 Å². The van der Waals surface area contributed by atoms with Gasteiger partial charge in [-0.3, -0.25) is 0 Å². The molecular weight excluding hydrogens is 240 g/mol. The van der Waals surface area contributed by atoms with E-state index in [1.807, 2.05) is 38.1 Å². The van der Waals surface area contributed by atoms with Crippen LogP contribution in [0.25, 0.3) is 0 Å². The van der Waals surface area contributed by atoms with Crippen LogP contribution >= 0.6 is 23.4 Å². The SMILES string of the molecule is C=C=C(C)[C@@](C)(CO)Sc1ccccc1Cl. The van der Waals surface area contributed by atoms with Gasteiger partial charge >= 0.3 is 0 Å². The molecule has 0 aromatic heterocycles. The summed E-state index contributed by atoms with van der Waals surface area (Å²) in [5.74, 6) is 0. The summed E-state index contributed by atoms with van der Waals surface area (Å²) in [5.41, 5.74) is 3.76. The highest BCUT2D eigenvalue weighted by Gasteiger charge is 2.27. The largest absolute Gasteiger partial charge is 0.395 e. The summed E-state index contributed by atoms with van der Waals surface area (Å²) in [6.07, 6.45) is 0. The number of aliphatic hydroxyl groups is 1. The molecule has 1 N–H and O–H groups in total. The van der Waals surface area contributed by atoms with Gasteiger partial charge in [-0.25, -0.2) is 0 Å². The first-order valence-corrected chi connectivity index (χ1v) is 6.14. The zero-order valence-electron chi connectivity index (χ0n) is 9.46. The molecule has 1 rings (SSSR count). The van der Waals surface area contributed by atoms with E-state index in [1.165, 1.54) is 11.8 Å². The highest BCUT2D eigenvalue weighted by Crippen LogP contribution is 2.40. The summed E-state index contributed by atoms with van der Waals surface area (Å²) in [5, 5.41) is 10.2. The van der Waals surface area contributed by atoms with E-state index in [9.17, 15) is 5.11 Å². The second-order valence-corrected chi connectivity index (χ2v) is 5.68. The Labute approximate surface area is 106 Å². The number of rotatable bonds is 4. The van der Waals surface area contributed by atoms with Crippen LogP contribution in [0.2, 0.25) is 5.02 Å². The summed E-state index contributed by atoms with van der Waals surface area (Å²) in [4.78, 5) is 0.954. The molecule has 0 saturated heterocycles. The molecule has 0 spiro atoms. The molecule has 86 valence electrons. The van der Waals surface area contributed by atoms with Gasteiger partial charge < -0.3 is 5.11 Å². The van der Waals surface area contributed by atoms with Crippen molar-refractivity contribution in [1.29, 1.82) is 0 Å². The van der Waals surface area contributed by atoms with Gasteiger partial charge in [-0.2, -0.15) is 0 Å². The van der Waals surface area contributed by atoms with Crippen LogP contribution in [-0.2, 0) is 0 Å². The van der Waals surface area contributed by atoms with Gasteiger partial charge in [-0.15, -0.1) is 17.5 Å². The number of hydrogen-bond donors (Lipinski definition) is 1. The molecule has 1 aromatic carbocycles. The Morgan fingerprint density at radius 3 is 2.69 bits per heavy atom. The smallest absolute Gasteiger partial charge is 0.0689 e. The molecule has 0 unspecified atom stereocenters. The van der Waals surface area contributed by atoms with E-state index in [2.05, 4.69) is 12.3 Å². The average molecular weight is 255 g/mol. The zero-order valence-corrected chi connectivity index (χ0v) is 11.0. The van der Waals surface area contributed by atoms with E-state index >= 15 is 0 Å². The van der Waals surface area contributed by atoms with E-state index in [-0.39, 0.29) is 6.61 Å². The first-order chi connectivity index (χ1) is 7.53. The van der Waals surface area contributed by atoms with Gasteiger partial charge in [0.25, 0.3) is 0 Å². The molecular formula is C13H15ClOS. The van der Waals surface area contributed by atoms with Crippen molar-refractivity contribution < 1.29 is 5.11 Å². The van der Waals surface area contributed by atoms with Gasteiger partial charge in [-0.1, -0.05) is 30.3 Å². The first-order valence-electron chi connectivity index (χ1n) is 4.95. The Morgan fingerprint density at radius 2 is 2.19 bits per heavy atom. The maximum absolute atomic E-state index is 9.49. The maximum atomic E-state index is 9.49. The number of aliphatic hydroxyl groups excluding tert-OH is 1. The van der Waals surface area contributed by atoms with Crippen LogP contribution in [-0.4, -0.2) is 16.5 Å². The number of hydrogen-bond acceptors (Lipinski definition) is 2. The lowest BCUT2D eigenvalue weighted by atomic mass is 10.0. The highest BCUT2D eigenvalue weighted by atomic mass is 35.5. The molecule has 0 heterocycles. The predicted molar refractivity (Wildman–Crippen MR) is 71.1 cm³/mol. The van der Waals surface area contributed by atoms with Crippen LogP contribution in [0, 0.1) is 0 Å². The quantitative estimate of drug-likeness (QED) is 0.649. The minimum Gasteiger partial charge on any atom is -0.395 e. The molecule has 0 saturated carbocycles. The summed E-state index contributed by atoms with van der Waals surface area (Å²) in [7, 11) is 0. The van der Waals surface area contributed by atoms with Gasteiger partial charge in [0, 0.05) is 4.90 Å². The fourth-order valence-corrected chi connectivity index (χ4v) is 2.52. The second-order valence-electron chi connectivity index (χ2n) is 3.72. The topological polar surface area (TPSA) is 20.2 Å². The minimum absolute atomic E-state index is 0.0250. The van der Waals surface area contributed by atoms with Crippen LogP contribution < -0.4 is 0 Å². The third-order valence-corrected chi connectivity index (χ3v) is 4.44. The van der Waals surface area contributed by atoms with Crippen molar-refractivity contribution in [1.82, 2.24) is 0 Å². The molecule has 0 fully saturated rings. The Balaban J connectivity index is 3.03. The standard InChI is InChI=1S/C13H15ClOS/c1-4-10(2)13(3,9-15)16-12-8-6-5-7-11(12)14/h5-8,15H,1,9H2,2-3H3/t13-/m1/s1. The normalized spacial score (nSPS) is 14.0. The highest BCUT2D eigenvalue weighted by molar-refractivity contribution is 8.01. The fourth-order valence-electron chi connectivity index (χ4n) is 1.18. The van der Waals surface area contributed by atoms with Crippen LogP contribution in [0.4, 0.5) is 0 Å². The van der Waals surface area contributed by atoms with Crippen molar-refractivity contribution in [3.63, 3.8) is 0 Å². The van der Waals surface area contributed by atoms with E-state index in [0.717, 1.165) is 10.5 Å². The van der Waals surface area contributed by atoms with E-state index < -0.39 is 4.75 Å². The van der Waals surface area contributed by atoms with Gasteiger partial charge in [0.15, 0.2) is 0 Å². The summed E-state index contributed by atoms with van der Waals surface area (Å²) in [6.45, 7) is 7.51. The lowest BCUT2D eigenvalue weighted by Crippen LogP contribution is -2.26. The maximum Gasteiger partial charge on any atom is 0.0689 e. The van der Waals surface area contributed by atoms with Gasteiger partial charge in [0.05, 0.1) is 16.4 Å². The summed E-state index contributed by atoms with van der Waals surface area (Å²) in [6, 6.07) is 7.60. The summed E-state index contributed by atoms with van der Waals surface area (Å²) < 4.78 is -0.424. The molecule has 0 amide bonds. The molecule has 0 aliphatic carbocycles. The fraction of sp³-hybridized carbons (Fsp3) is 0.308. The van der Waals surface area contributed by atoms with Crippen LogP contribution in [0.5, 0.6) is 0 Å². The average Bonchev–Trinajstić information content (AvgIpc) is 2.31. The number of halogens is 1. The molecule has 1 aromatic rings. The third kappa shape index (κ3) is 2.93. The van der Waals surface area contributed by atoms with E-state index in [1.54, 1.807) is 0 Å². The molecule has 0 aliphatic rings. The van der Waals surface area contributed by atoms with Crippen molar-refractivity contribution in [2.75, 3.05) is 6.61 Å². The number of thioether (sulfide) groups is 1. The first kappa shape index (κ1) is 13.4. The van der Waals surface area contributed by atoms with Gasteiger partial charge in [0.1, 0.15) is 0 Å². The van der Waals surface area contributed by atoms with Crippen molar-refractivity contribution in [2.24, 2.45) is 0 Å². The lowest BCUT2D eigenvalue weighted by Gasteiger charge is -2.26. The molecule has 1 atom stereocenters. The predicted octanol–water partition coefficient (Wildman–Crippen LogP) is 3.91. The lowest BCUT2D eigenvalue weighted by molar-refractivity contribution is 0.271. The summed E-state index contributed by atoms with van der Waals surface area (Å²) >= 11 is 7.62. The van der Waals surface area contributed by atoms with Crippen LogP contribution in [0.1, 0.15) is 13.8 Å². The molecule has 0 radical (unpaired) electrons. The third-order valence-electron chi connectivity index (χ3n) is 2.53. The molecule has 3 heteroatoms. The molecule has 0 aliphatic heterocycles. The van der Waals surface area contributed by atoms with E-state index in [4.69, 9.17) is 11.6 Å². The monoisotopic (exact) mass is 254 g/mol. The second kappa shape index (κ2) is 5.60.